The fraction of sp³-hybridized carbons (Fsp3) is 0.583. The highest BCUT2D eigenvalue weighted by Gasteiger charge is 2.20. The van der Waals surface area contributed by atoms with Crippen LogP contribution >= 0.6 is 27.3 Å². The maximum Gasteiger partial charge on any atom is 0.234 e. The highest BCUT2D eigenvalue weighted by molar-refractivity contribution is 9.10. The van der Waals surface area contributed by atoms with Crippen molar-refractivity contribution in [3.63, 3.8) is 0 Å². The molecule has 2 unspecified atom stereocenters. The van der Waals surface area contributed by atoms with Crippen LogP contribution in [0, 0.1) is 12.8 Å². The Morgan fingerprint density at radius 1 is 1.38 bits per heavy atom. The van der Waals surface area contributed by atoms with Gasteiger partial charge in [0.05, 0.1) is 10.9 Å². The Bertz CT molecular complexity index is 362. The van der Waals surface area contributed by atoms with Gasteiger partial charge in [0.2, 0.25) is 5.91 Å². The van der Waals surface area contributed by atoms with Crippen LogP contribution in [-0.2, 0) is 4.79 Å². The number of nitrogens with one attached hydrogen (secondary N) is 1. The molecule has 2 atom stereocenters. The molecular weight excluding hydrogens is 286 g/mol. The zero-order valence-electron chi connectivity index (χ0n) is 10.1. The van der Waals surface area contributed by atoms with Gasteiger partial charge in [0.1, 0.15) is 0 Å². The lowest BCUT2D eigenvalue weighted by atomic mass is 10.1. The van der Waals surface area contributed by atoms with Gasteiger partial charge in [-0.3, -0.25) is 4.79 Å². The van der Waals surface area contributed by atoms with Crippen LogP contribution in [0.4, 0.5) is 0 Å². The molecule has 0 saturated heterocycles. The summed E-state index contributed by atoms with van der Waals surface area (Å²) in [6, 6.07) is 4.24. The van der Waals surface area contributed by atoms with Crippen molar-refractivity contribution in [1.82, 2.24) is 5.32 Å². The standard InChI is InChI=1S/C12H18BrNOS/c1-7(2)11(13)12(15)14-9(4)10-6-5-8(3)16-10/h5-7,9,11H,1-4H3,(H,14,15). The molecule has 2 nitrogen and oxygen atoms in total. The number of amides is 1. The first-order valence-corrected chi connectivity index (χ1v) is 7.15. The minimum absolute atomic E-state index is 0.0635. The van der Waals surface area contributed by atoms with Crippen LogP contribution in [0.25, 0.3) is 0 Å². The highest BCUT2D eigenvalue weighted by atomic mass is 79.9. The molecule has 0 saturated carbocycles. The van der Waals surface area contributed by atoms with E-state index in [2.05, 4.69) is 40.3 Å². The molecule has 1 aromatic rings. The average molecular weight is 304 g/mol. The first-order valence-electron chi connectivity index (χ1n) is 5.42. The summed E-state index contributed by atoms with van der Waals surface area (Å²) in [5.74, 6) is 0.367. The summed E-state index contributed by atoms with van der Waals surface area (Å²) in [7, 11) is 0. The van der Waals surface area contributed by atoms with Crippen molar-refractivity contribution < 1.29 is 4.79 Å². The van der Waals surface area contributed by atoms with Gasteiger partial charge in [0, 0.05) is 9.75 Å². The number of hydrogen-bond donors (Lipinski definition) is 1. The van der Waals surface area contributed by atoms with Gasteiger partial charge in [-0.2, -0.15) is 0 Å². The second-order valence-electron chi connectivity index (χ2n) is 4.32. The summed E-state index contributed by atoms with van der Waals surface area (Å²) in [5, 5.41) is 3.02. The Balaban J connectivity index is 2.58. The van der Waals surface area contributed by atoms with Gasteiger partial charge in [-0.1, -0.05) is 29.8 Å². The summed E-state index contributed by atoms with van der Waals surface area (Å²) in [4.78, 5) is 14.2. The Morgan fingerprint density at radius 2 is 2.00 bits per heavy atom. The smallest absolute Gasteiger partial charge is 0.234 e. The molecule has 0 fully saturated rings. The first-order chi connectivity index (χ1) is 7.41. The fourth-order valence-electron chi connectivity index (χ4n) is 1.35. The molecule has 0 spiro atoms. The van der Waals surface area contributed by atoms with E-state index in [1.807, 2.05) is 20.8 Å². The number of alkyl halides is 1. The van der Waals surface area contributed by atoms with Crippen molar-refractivity contribution in [3.05, 3.63) is 21.9 Å². The molecule has 1 N–H and O–H groups in total. The van der Waals surface area contributed by atoms with Crippen LogP contribution in [-0.4, -0.2) is 10.7 Å². The molecule has 0 bridgehead atoms. The van der Waals surface area contributed by atoms with E-state index in [4.69, 9.17) is 0 Å². The molecule has 0 radical (unpaired) electrons. The molecular formula is C12H18BrNOS. The summed E-state index contributed by atoms with van der Waals surface area (Å²) in [6.07, 6.45) is 0. The third-order valence-corrected chi connectivity index (χ3v) is 5.04. The van der Waals surface area contributed by atoms with Crippen LogP contribution < -0.4 is 5.32 Å². The molecule has 0 aliphatic rings. The Labute approximate surface area is 110 Å². The van der Waals surface area contributed by atoms with Gasteiger partial charge in [-0.25, -0.2) is 0 Å². The summed E-state index contributed by atoms with van der Waals surface area (Å²) >= 11 is 5.13. The SMILES string of the molecule is Cc1ccc(C(C)NC(=O)C(Br)C(C)C)s1. The monoisotopic (exact) mass is 303 g/mol. The van der Waals surface area contributed by atoms with Crippen LogP contribution in [0.5, 0.6) is 0 Å². The minimum Gasteiger partial charge on any atom is -0.348 e. The number of carbonyl (C=O) groups is 1. The second-order valence-corrected chi connectivity index (χ2v) is 6.63. The van der Waals surface area contributed by atoms with Gasteiger partial charge in [-0.15, -0.1) is 11.3 Å². The van der Waals surface area contributed by atoms with E-state index in [0.717, 1.165) is 0 Å². The summed E-state index contributed by atoms with van der Waals surface area (Å²) < 4.78 is 0. The van der Waals surface area contributed by atoms with E-state index < -0.39 is 0 Å². The number of hydrogen-bond acceptors (Lipinski definition) is 2. The Kier molecular flexibility index (Phi) is 4.99. The van der Waals surface area contributed by atoms with Gasteiger partial charge >= 0.3 is 0 Å². The third kappa shape index (κ3) is 3.59. The molecule has 0 aliphatic carbocycles. The number of thiophene rings is 1. The van der Waals surface area contributed by atoms with Gasteiger partial charge in [0.25, 0.3) is 0 Å². The molecule has 0 aliphatic heterocycles. The lowest BCUT2D eigenvalue weighted by molar-refractivity contribution is -0.121. The quantitative estimate of drug-likeness (QED) is 0.845. The van der Waals surface area contributed by atoms with E-state index in [9.17, 15) is 4.79 Å². The number of aryl methyl sites for hydroxylation is 1. The second kappa shape index (κ2) is 5.82. The molecule has 1 rings (SSSR count). The molecule has 90 valence electrons. The van der Waals surface area contributed by atoms with Crippen molar-refractivity contribution in [2.24, 2.45) is 5.92 Å². The predicted molar refractivity (Wildman–Crippen MR) is 73.2 cm³/mol. The van der Waals surface area contributed by atoms with Gasteiger partial charge < -0.3 is 5.32 Å². The maximum atomic E-state index is 11.8. The van der Waals surface area contributed by atoms with Crippen molar-refractivity contribution >= 4 is 33.2 Å². The lowest BCUT2D eigenvalue weighted by Crippen LogP contribution is -2.35. The van der Waals surface area contributed by atoms with E-state index in [1.165, 1.54) is 9.75 Å². The predicted octanol–water partition coefficient (Wildman–Crippen LogP) is 3.65. The van der Waals surface area contributed by atoms with Crippen LogP contribution in [0.3, 0.4) is 0 Å². The molecule has 1 heterocycles. The largest absolute Gasteiger partial charge is 0.348 e. The van der Waals surface area contributed by atoms with Crippen LogP contribution in [0.1, 0.15) is 36.6 Å². The summed E-state index contributed by atoms with van der Waals surface area (Å²) in [6.45, 7) is 8.14. The molecule has 1 aromatic heterocycles. The third-order valence-electron chi connectivity index (χ3n) is 2.38. The van der Waals surface area contributed by atoms with Crippen molar-refractivity contribution in [2.75, 3.05) is 0 Å². The van der Waals surface area contributed by atoms with Gasteiger partial charge in [0.15, 0.2) is 0 Å². The van der Waals surface area contributed by atoms with Crippen molar-refractivity contribution in [3.8, 4) is 0 Å². The number of carbonyl (C=O) groups excluding carboxylic acids is 1. The van der Waals surface area contributed by atoms with E-state index in [1.54, 1.807) is 11.3 Å². The van der Waals surface area contributed by atoms with Crippen LogP contribution in [0.15, 0.2) is 12.1 Å². The van der Waals surface area contributed by atoms with E-state index in [0.29, 0.717) is 5.92 Å². The van der Waals surface area contributed by atoms with E-state index >= 15 is 0 Å². The summed E-state index contributed by atoms with van der Waals surface area (Å²) in [5.41, 5.74) is 0. The molecule has 0 aromatic carbocycles. The fourth-order valence-corrected chi connectivity index (χ4v) is 2.36. The van der Waals surface area contributed by atoms with Gasteiger partial charge in [-0.05, 0) is 31.9 Å². The van der Waals surface area contributed by atoms with Crippen molar-refractivity contribution in [2.45, 2.75) is 38.6 Å². The Morgan fingerprint density at radius 3 is 2.44 bits per heavy atom. The van der Waals surface area contributed by atoms with Crippen LogP contribution in [0.2, 0.25) is 0 Å². The topological polar surface area (TPSA) is 29.1 Å². The zero-order valence-corrected chi connectivity index (χ0v) is 12.5. The number of rotatable bonds is 4. The minimum atomic E-state index is -0.115. The molecule has 1 amide bonds. The number of halogens is 1. The average Bonchev–Trinajstić information content (AvgIpc) is 2.63. The normalized spacial score (nSPS) is 14.9. The first kappa shape index (κ1) is 13.7. The molecule has 4 heteroatoms. The highest BCUT2D eigenvalue weighted by Crippen LogP contribution is 2.23. The Hall–Kier alpha value is -0.350. The molecule has 16 heavy (non-hydrogen) atoms. The van der Waals surface area contributed by atoms with E-state index in [-0.39, 0.29) is 16.8 Å². The lowest BCUT2D eigenvalue weighted by Gasteiger charge is -2.17. The van der Waals surface area contributed by atoms with Crippen molar-refractivity contribution in [1.29, 1.82) is 0 Å². The maximum absolute atomic E-state index is 11.8. The zero-order chi connectivity index (χ0) is 12.3.